The van der Waals surface area contributed by atoms with Crippen molar-refractivity contribution in [2.45, 2.75) is 11.1 Å². The number of amides is 1. The lowest BCUT2D eigenvalue weighted by Crippen LogP contribution is -2.33. The van der Waals surface area contributed by atoms with Crippen molar-refractivity contribution in [1.82, 2.24) is 9.71 Å². The van der Waals surface area contributed by atoms with Crippen LogP contribution in [0.5, 0.6) is 0 Å². The maximum Gasteiger partial charge on any atom is 0.417 e. The lowest BCUT2D eigenvalue weighted by molar-refractivity contribution is -0.137. The molecule has 1 aromatic carbocycles. The van der Waals surface area contributed by atoms with Crippen LogP contribution in [0.15, 0.2) is 47.6 Å². The largest absolute Gasteiger partial charge is 0.417 e. The molecule has 2 N–H and O–H groups in total. The van der Waals surface area contributed by atoms with Gasteiger partial charge in [-0.15, -0.1) is 0 Å². The summed E-state index contributed by atoms with van der Waals surface area (Å²) in [7, 11) is -4.33. The first kappa shape index (κ1) is 19.2. The molecular formula is C14H11ClF3N3O3S. The van der Waals surface area contributed by atoms with Crippen molar-refractivity contribution in [2.75, 3.05) is 11.9 Å². The number of carbonyl (C=O) groups is 1. The van der Waals surface area contributed by atoms with Gasteiger partial charge in [-0.3, -0.25) is 9.78 Å². The number of anilines is 1. The highest BCUT2D eigenvalue weighted by Crippen LogP contribution is 2.35. The summed E-state index contributed by atoms with van der Waals surface area (Å²) in [4.78, 5) is 14.8. The zero-order chi connectivity index (χ0) is 18.7. The summed E-state index contributed by atoms with van der Waals surface area (Å²) in [6.07, 6.45) is -1.97. The molecule has 11 heteroatoms. The van der Waals surface area contributed by atoms with Gasteiger partial charge in [0.15, 0.2) is 0 Å². The van der Waals surface area contributed by atoms with E-state index in [9.17, 15) is 26.4 Å². The molecule has 0 bridgehead atoms. The van der Waals surface area contributed by atoms with Gasteiger partial charge in [0.05, 0.1) is 33.9 Å². The second-order valence-electron chi connectivity index (χ2n) is 4.75. The van der Waals surface area contributed by atoms with E-state index in [1.54, 1.807) is 6.07 Å². The number of sulfonamides is 1. The van der Waals surface area contributed by atoms with E-state index in [0.717, 1.165) is 12.1 Å². The quantitative estimate of drug-likeness (QED) is 0.817. The van der Waals surface area contributed by atoms with Crippen LogP contribution in [-0.2, 0) is 21.0 Å². The van der Waals surface area contributed by atoms with Crippen LogP contribution in [0.1, 0.15) is 5.56 Å². The topological polar surface area (TPSA) is 88.2 Å². The maximum atomic E-state index is 12.8. The van der Waals surface area contributed by atoms with Crippen LogP contribution in [0.2, 0.25) is 5.02 Å². The Bertz CT molecular complexity index is 874. The van der Waals surface area contributed by atoms with Gasteiger partial charge in [0.1, 0.15) is 0 Å². The lowest BCUT2D eigenvalue weighted by Gasteiger charge is -2.12. The summed E-state index contributed by atoms with van der Waals surface area (Å²) in [5.74, 6) is -0.707. The maximum absolute atomic E-state index is 12.8. The fraction of sp³-hybridized carbons (Fsp3) is 0.143. The molecule has 1 amide bonds. The molecule has 25 heavy (non-hydrogen) atoms. The van der Waals surface area contributed by atoms with Crippen molar-refractivity contribution in [2.24, 2.45) is 0 Å². The van der Waals surface area contributed by atoms with Gasteiger partial charge >= 0.3 is 6.18 Å². The Kier molecular flexibility index (Phi) is 5.65. The standard InChI is InChI=1S/C14H11ClF3N3O3S/c15-12-4-3-10(6-11(12)14(16,17)18)25(23,24)20-8-13(22)21-9-2-1-5-19-7-9/h1-7,20H,8H2,(H,21,22). The van der Waals surface area contributed by atoms with Crippen LogP contribution in [0.4, 0.5) is 18.9 Å². The molecule has 134 valence electrons. The highest BCUT2D eigenvalue weighted by Gasteiger charge is 2.34. The Hall–Kier alpha value is -2.17. The highest BCUT2D eigenvalue weighted by molar-refractivity contribution is 7.89. The predicted molar refractivity (Wildman–Crippen MR) is 84.5 cm³/mol. The van der Waals surface area contributed by atoms with Gasteiger partial charge in [-0.25, -0.2) is 13.1 Å². The number of benzene rings is 1. The van der Waals surface area contributed by atoms with Crippen LogP contribution >= 0.6 is 11.6 Å². The van der Waals surface area contributed by atoms with E-state index in [1.807, 2.05) is 4.72 Å². The third-order valence-corrected chi connectivity index (χ3v) is 4.65. The molecule has 0 aliphatic heterocycles. The number of hydrogen-bond donors (Lipinski definition) is 2. The van der Waals surface area contributed by atoms with Crippen molar-refractivity contribution in [3.63, 3.8) is 0 Å². The van der Waals surface area contributed by atoms with Crippen LogP contribution in [0.25, 0.3) is 0 Å². The Morgan fingerprint density at radius 3 is 2.56 bits per heavy atom. The number of carbonyl (C=O) groups excluding carboxylic acids is 1. The van der Waals surface area contributed by atoms with E-state index < -0.39 is 44.1 Å². The molecule has 0 spiro atoms. The Morgan fingerprint density at radius 1 is 1.24 bits per heavy atom. The zero-order valence-electron chi connectivity index (χ0n) is 12.3. The van der Waals surface area contributed by atoms with Gasteiger partial charge < -0.3 is 5.32 Å². The molecule has 0 aliphatic rings. The zero-order valence-corrected chi connectivity index (χ0v) is 13.9. The summed E-state index contributed by atoms with van der Waals surface area (Å²) >= 11 is 5.44. The first-order chi connectivity index (χ1) is 11.6. The minimum Gasteiger partial charge on any atom is -0.324 e. The number of rotatable bonds is 5. The first-order valence-electron chi connectivity index (χ1n) is 6.66. The molecule has 2 rings (SSSR count). The van der Waals surface area contributed by atoms with Gasteiger partial charge in [0.25, 0.3) is 0 Å². The Labute approximate surface area is 146 Å². The summed E-state index contributed by atoms with van der Waals surface area (Å²) < 4.78 is 64.5. The second kappa shape index (κ2) is 7.38. The van der Waals surface area contributed by atoms with Gasteiger partial charge in [0, 0.05) is 6.20 Å². The first-order valence-corrected chi connectivity index (χ1v) is 8.52. The van der Waals surface area contributed by atoms with E-state index in [-0.39, 0.29) is 0 Å². The molecule has 0 saturated heterocycles. The Balaban J connectivity index is 2.10. The van der Waals surface area contributed by atoms with Gasteiger partial charge in [-0.2, -0.15) is 13.2 Å². The smallest absolute Gasteiger partial charge is 0.324 e. The highest BCUT2D eigenvalue weighted by atomic mass is 35.5. The lowest BCUT2D eigenvalue weighted by atomic mass is 10.2. The van der Waals surface area contributed by atoms with Crippen molar-refractivity contribution < 1.29 is 26.4 Å². The van der Waals surface area contributed by atoms with E-state index >= 15 is 0 Å². The predicted octanol–water partition coefficient (Wildman–Crippen LogP) is 2.67. The molecule has 1 heterocycles. The van der Waals surface area contributed by atoms with Crippen LogP contribution in [0, 0.1) is 0 Å². The van der Waals surface area contributed by atoms with Crippen LogP contribution in [-0.4, -0.2) is 25.9 Å². The van der Waals surface area contributed by atoms with Crippen molar-refractivity contribution >= 4 is 33.2 Å². The Morgan fingerprint density at radius 2 is 1.96 bits per heavy atom. The number of nitrogens with one attached hydrogen (secondary N) is 2. The van der Waals surface area contributed by atoms with Crippen LogP contribution < -0.4 is 10.0 Å². The van der Waals surface area contributed by atoms with Crippen molar-refractivity contribution in [1.29, 1.82) is 0 Å². The summed E-state index contributed by atoms with van der Waals surface area (Å²) in [6.45, 7) is -0.665. The fourth-order valence-corrected chi connectivity index (χ4v) is 3.01. The molecule has 0 atom stereocenters. The molecule has 2 aromatic rings. The molecule has 0 fully saturated rings. The molecule has 0 unspecified atom stereocenters. The van der Waals surface area contributed by atoms with E-state index in [2.05, 4.69) is 10.3 Å². The normalized spacial score (nSPS) is 12.0. The third-order valence-electron chi connectivity index (χ3n) is 2.92. The third kappa shape index (κ3) is 5.15. The monoisotopic (exact) mass is 393 g/mol. The van der Waals surface area contributed by atoms with E-state index in [0.29, 0.717) is 11.8 Å². The van der Waals surface area contributed by atoms with E-state index in [4.69, 9.17) is 11.6 Å². The molecule has 6 nitrogen and oxygen atoms in total. The van der Waals surface area contributed by atoms with Gasteiger partial charge in [0.2, 0.25) is 15.9 Å². The number of pyridine rings is 1. The fourth-order valence-electron chi connectivity index (χ4n) is 1.77. The SMILES string of the molecule is O=C(CNS(=O)(=O)c1ccc(Cl)c(C(F)(F)F)c1)Nc1cccnc1. The minimum atomic E-state index is -4.81. The van der Waals surface area contributed by atoms with Crippen molar-refractivity contribution in [3.8, 4) is 0 Å². The van der Waals surface area contributed by atoms with Crippen LogP contribution in [0.3, 0.4) is 0 Å². The number of nitrogens with zero attached hydrogens (tertiary/aromatic N) is 1. The van der Waals surface area contributed by atoms with E-state index in [1.165, 1.54) is 18.5 Å². The van der Waals surface area contributed by atoms with Gasteiger partial charge in [-0.05, 0) is 30.3 Å². The minimum absolute atomic E-state index is 0.345. The molecule has 0 saturated carbocycles. The average Bonchev–Trinajstić information content (AvgIpc) is 2.53. The molecule has 0 radical (unpaired) electrons. The summed E-state index contributed by atoms with van der Waals surface area (Å²) in [6, 6.07) is 5.25. The number of alkyl halides is 3. The number of hydrogen-bond acceptors (Lipinski definition) is 4. The summed E-state index contributed by atoms with van der Waals surface area (Å²) in [5.41, 5.74) is -0.936. The van der Waals surface area contributed by atoms with Crippen molar-refractivity contribution in [3.05, 3.63) is 53.3 Å². The molecule has 0 aliphatic carbocycles. The second-order valence-corrected chi connectivity index (χ2v) is 6.93. The summed E-state index contributed by atoms with van der Waals surface area (Å²) in [5, 5.41) is 1.76. The molecule has 1 aromatic heterocycles. The number of aromatic nitrogens is 1. The average molecular weight is 394 g/mol. The van der Waals surface area contributed by atoms with Gasteiger partial charge in [-0.1, -0.05) is 11.6 Å². The number of halogens is 4. The molecular weight excluding hydrogens is 383 g/mol.